The van der Waals surface area contributed by atoms with Crippen LogP contribution in [0.2, 0.25) is 0 Å². The second-order valence-electron chi connectivity index (χ2n) is 7.24. The van der Waals surface area contributed by atoms with E-state index in [0.29, 0.717) is 13.0 Å². The van der Waals surface area contributed by atoms with Gasteiger partial charge in [0.05, 0.1) is 13.0 Å². The van der Waals surface area contributed by atoms with Crippen LogP contribution in [0.4, 0.5) is 5.69 Å². The number of hydrogen-bond acceptors (Lipinski definition) is 2. The van der Waals surface area contributed by atoms with E-state index in [9.17, 15) is 4.79 Å². The number of rotatable bonds is 5. The van der Waals surface area contributed by atoms with Crippen LogP contribution < -0.4 is 10.1 Å². The normalized spacial score (nSPS) is 11.2. The molecule has 0 spiro atoms. The predicted octanol–water partition coefficient (Wildman–Crippen LogP) is 5.01. The van der Waals surface area contributed by atoms with Crippen LogP contribution in [0.15, 0.2) is 42.5 Å². The lowest BCUT2D eigenvalue weighted by Crippen LogP contribution is -2.16. The molecule has 0 radical (unpaired) electrons. The number of amides is 1. The Kier molecular flexibility index (Phi) is 5.66. The predicted molar refractivity (Wildman–Crippen MR) is 99.8 cm³/mol. The molecule has 0 aliphatic heterocycles. The van der Waals surface area contributed by atoms with Crippen molar-refractivity contribution in [1.82, 2.24) is 0 Å². The standard InChI is InChI=1S/C21H27NO2/c1-15-6-11-19(16(2)14-15)22-20(23)12-13-24-18-9-7-17(8-10-18)21(3,4)5/h6-11,14H,12-13H2,1-5H3,(H,22,23). The van der Waals surface area contributed by atoms with Crippen molar-refractivity contribution in [1.29, 1.82) is 0 Å². The number of hydrogen-bond donors (Lipinski definition) is 1. The second-order valence-corrected chi connectivity index (χ2v) is 7.24. The van der Waals surface area contributed by atoms with E-state index in [2.05, 4.69) is 44.3 Å². The Morgan fingerprint density at radius 1 is 1.04 bits per heavy atom. The van der Waals surface area contributed by atoms with Crippen molar-refractivity contribution in [3.8, 4) is 5.75 Å². The average Bonchev–Trinajstić information content (AvgIpc) is 2.50. The van der Waals surface area contributed by atoms with Gasteiger partial charge in [0.1, 0.15) is 5.75 Å². The third-order valence-electron chi connectivity index (χ3n) is 3.97. The monoisotopic (exact) mass is 325 g/mol. The van der Waals surface area contributed by atoms with Gasteiger partial charge in [0.2, 0.25) is 5.91 Å². The van der Waals surface area contributed by atoms with Crippen LogP contribution >= 0.6 is 0 Å². The van der Waals surface area contributed by atoms with Gasteiger partial charge in [0.25, 0.3) is 0 Å². The highest BCUT2D eigenvalue weighted by Crippen LogP contribution is 2.24. The molecule has 0 aromatic heterocycles. The van der Waals surface area contributed by atoms with Crippen molar-refractivity contribution in [3.63, 3.8) is 0 Å². The Morgan fingerprint density at radius 3 is 2.29 bits per heavy atom. The molecule has 2 rings (SSSR count). The molecule has 1 amide bonds. The molecule has 2 aromatic carbocycles. The summed E-state index contributed by atoms with van der Waals surface area (Å²) in [6, 6.07) is 14.1. The molecule has 0 aliphatic carbocycles. The minimum atomic E-state index is -0.0340. The van der Waals surface area contributed by atoms with Crippen LogP contribution in [0.5, 0.6) is 5.75 Å². The molecular weight excluding hydrogens is 298 g/mol. The first-order chi connectivity index (χ1) is 11.3. The molecule has 0 unspecified atom stereocenters. The van der Waals surface area contributed by atoms with Gasteiger partial charge in [0, 0.05) is 5.69 Å². The Morgan fingerprint density at radius 2 is 1.71 bits per heavy atom. The number of aryl methyl sites for hydroxylation is 2. The SMILES string of the molecule is Cc1ccc(NC(=O)CCOc2ccc(C(C)(C)C)cc2)c(C)c1. The number of carbonyl (C=O) groups is 1. The van der Waals surface area contributed by atoms with Gasteiger partial charge in [-0.15, -0.1) is 0 Å². The molecule has 0 fully saturated rings. The summed E-state index contributed by atoms with van der Waals surface area (Å²) in [6.45, 7) is 10.9. The summed E-state index contributed by atoms with van der Waals surface area (Å²) >= 11 is 0. The molecule has 1 N–H and O–H groups in total. The summed E-state index contributed by atoms with van der Waals surface area (Å²) in [5.74, 6) is 0.760. The highest BCUT2D eigenvalue weighted by molar-refractivity contribution is 5.91. The van der Waals surface area contributed by atoms with Gasteiger partial charge in [-0.1, -0.05) is 50.6 Å². The van der Waals surface area contributed by atoms with Crippen molar-refractivity contribution < 1.29 is 9.53 Å². The summed E-state index contributed by atoms with van der Waals surface area (Å²) < 4.78 is 5.67. The maximum atomic E-state index is 12.0. The van der Waals surface area contributed by atoms with Crippen molar-refractivity contribution >= 4 is 11.6 Å². The van der Waals surface area contributed by atoms with E-state index in [-0.39, 0.29) is 11.3 Å². The van der Waals surface area contributed by atoms with E-state index in [1.165, 1.54) is 11.1 Å². The number of benzene rings is 2. The fourth-order valence-corrected chi connectivity index (χ4v) is 2.48. The first kappa shape index (κ1) is 18.1. The van der Waals surface area contributed by atoms with Crippen molar-refractivity contribution in [2.24, 2.45) is 0 Å². The van der Waals surface area contributed by atoms with Crippen LogP contribution in [0, 0.1) is 13.8 Å². The van der Waals surface area contributed by atoms with Gasteiger partial charge in [0.15, 0.2) is 0 Å². The molecule has 3 nitrogen and oxygen atoms in total. The highest BCUT2D eigenvalue weighted by Gasteiger charge is 2.13. The molecule has 0 saturated carbocycles. The summed E-state index contributed by atoms with van der Waals surface area (Å²) in [5.41, 5.74) is 4.52. The van der Waals surface area contributed by atoms with E-state index in [4.69, 9.17) is 4.74 Å². The second kappa shape index (κ2) is 7.52. The lowest BCUT2D eigenvalue weighted by molar-refractivity contribution is -0.116. The Balaban J connectivity index is 1.82. The number of anilines is 1. The number of carbonyl (C=O) groups excluding carboxylic acids is 1. The zero-order valence-electron chi connectivity index (χ0n) is 15.3. The van der Waals surface area contributed by atoms with Crippen molar-refractivity contribution in [2.75, 3.05) is 11.9 Å². The average molecular weight is 325 g/mol. The van der Waals surface area contributed by atoms with E-state index in [1.54, 1.807) is 0 Å². The van der Waals surface area contributed by atoms with Gasteiger partial charge >= 0.3 is 0 Å². The Labute approximate surface area is 145 Å². The molecule has 0 atom stereocenters. The van der Waals surface area contributed by atoms with Gasteiger partial charge in [-0.2, -0.15) is 0 Å². The summed E-state index contributed by atoms with van der Waals surface area (Å²) in [7, 11) is 0. The van der Waals surface area contributed by atoms with Gasteiger partial charge < -0.3 is 10.1 Å². The van der Waals surface area contributed by atoms with Crippen LogP contribution in [-0.2, 0) is 10.2 Å². The molecule has 24 heavy (non-hydrogen) atoms. The lowest BCUT2D eigenvalue weighted by Gasteiger charge is -2.19. The largest absolute Gasteiger partial charge is 0.493 e. The zero-order valence-corrected chi connectivity index (χ0v) is 15.3. The lowest BCUT2D eigenvalue weighted by atomic mass is 9.87. The van der Waals surface area contributed by atoms with Gasteiger partial charge in [-0.3, -0.25) is 4.79 Å². The maximum absolute atomic E-state index is 12.0. The third-order valence-corrected chi connectivity index (χ3v) is 3.97. The van der Waals surface area contributed by atoms with Gasteiger partial charge in [-0.25, -0.2) is 0 Å². The summed E-state index contributed by atoms with van der Waals surface area (Å²) in [4.78, 5) is 12.0. The quantitative estimate of drug-likeness (QED) is 0.839. The maximum Gasteiger partial charge on any atom is 0.227 e. The van der Waals surface area contributed by atoms with Crippen LogP contribution in [0.25, 0.3) is 0 Å². The molecular formula is C21H27NO2. The summed E-state index contributed by atoms with van der Waals surface area (Å²) in [5, 5.41) is 2.93. The molecule has 0 saturated heterocycles. The molecule has 2 aromatic rings. The fourth-order valence-electron chi connectivity index (χ4n) is 2.48. The van der Waals surface area contributed by atoms with E-state index in [0.717, 1.165) is 17.0 Å². The van der Waals surface area contributed by atoms with Crippen molar-refractivity contribution in [3.05, 3.63) is 59.2 Å². The third kappa shape index (κ3) is 5.12. The number of ether oxygens (including phenoxy) is 1. The van der Waals surface area contributed by atoms with Crippen LogP contribution in [-0.4, -0.2) is 12.5 Å². The molecule has 0 aliphatic rings. The molecule has 0 heterocycles. The summed E-state index contributed by atoms with van der Waals surface area (Å²) in [6.07, 6.45) is 0.328. The molecule has 128 valence electrons. The van der Waals surface area contributed by atoms with Crippen molar-refractivity contribution in [2.45, 2.75) is 46.5 Å². The topological polar surface area (TPSA) is 38.3 Å². The number of nitrogens with one attached hydrogen (secondary N) is 1. The van der Waals surface area contributed by atoms with Crippen LogP contribution in [0.1, 0.15) is 43.9 Å². The Bertz CT molecular complexity index is 697. The van der Waals surface area contributed by atoms with E-state index < -0.39 is 0 Å². The Hall–Kier alpha value is -2.29. The van der Waals surface area contributed by atoms with E-state index in [1.807, 2.05) is 38.1 Å². The zero-order chi connectivity index (χ0) is 17.7. The fraction of sp³-hybridized carbons (Fsp3) is 0.381. The van der Waals surface area contributed by atoms with Crippen LogP contribution in [0.3, 0.4) is 0 Å². The minimum absolute atomic E-state index is 0.0340. The minimum Gasteiger partial charge on any atom is -0.493 e. The highest BCUT2D eigenvalue weighted by atomic mass is 16.5. The van der Waals surface area contributed by atoms with Gasteiger partial charge in [-0.05, 0) is 48.6 Å². The first-order valence-electron chi connectivity index (χ1n) is 8.36. The first-order valence-corrected chi connectivity index (χ1v) is 8.36. The van der Waals surface area contributed by atoms with E-state index >= 15 is 0 Å². The molecule has 0 bridgehead atoms. The molecule has 3 heteroatoms. The smallest absolute Gasteiger partial charge is 0.227 e.